The number of nitrogens with zero attached hydrogens (tertiary/aromatic N) is 4. The van der Waals surface area contributed by atoms with Crippen molar-refractivity contribution in [3.63, 3.8) is 0 Å². The molecule has 1 aromatic heterocycles. The maximum Gasteiger partial charge on any atom is 0.255 e. The number of anilines is 1. The third kappa shape index (κ3) is 5.01. The molecule has 0 atom stereocenters. The van der Waals surface area contributed by atoms with Crippen molar-refractivity contribution in [2.45, 2.75) is 20.3 Å². The van der Waals surface area contributed by atoms with Crippen LogP contribution in [0.25, 0.3) is 0 Å². The van der Waals surface area contributed by atoms with Crippen LogP contribution in [-0.2, 0) is 6.42 Å². The molecule has 2 heterocycles. The van der Waals surface area contributed by atoms with E-state index in [4.69, 9.17) is 39.8 Å². The molecule has 2 aromatic carbocycles. The summed E-state index contributed by atoms with van der Waals surface area (Å²) >= 11 is 18.2. The number of benzene rings is 2. The van der Waals surface area contributed by atoms with E-state index in [1.54, 1.807) is 18.2 Å². The summed E-state index contributed by atoms with van der Waals surface area (Å²) in [7, 11) is 0. The van der Waals surface area contributed by atoms with Crippen molar-refractivity contribution in [2.75, 3.05) is 31.1 Å². The van der Waals surface area contributed by atoms with Crippen molar-refractivity contribution < 1.29 is 4.79 Å². The highest BCUT2D eigenvalue weighted by Gasteiger charge is 2.26. The highest BCUT2D eigenvalue weighted by Crippen LogP contribution is 2.27. The Labute approximate surface area is 202 Å². The number of halogens is 3. The van der Waals surface area contributed by atoms with Gasteiger partial charge in [-0.15, -0.1) is 0 Å². The van der Waals surface area contributed by atoms with E-state index in [9.17, 15) is 4.79 Å². The highest BCUT2D eigenvalue weighted by molar-refractivity contribution is 6.36. The molecule has 1 fully saturated rings. The fourth-order valence-corrected chi connectivity index (χ4v) is 4.56. The van der Waals surface area contributed by atoms with E-state index in [2.05, 4.69) is 9.88 Å². The first-order valence-corrected chi connectivity index (χ1v) is 11.5. The van der Waals surface area contributed by atoms with Gasteiger partial charge in [-0.3, -0.25) is 4.79 Å². The average Bonchev–Trinajstić information content (AvgIpc) is 2.76. The molecule has 0 N–H and O–H groups in total. The lowest BCUT2D eigenvalue weighted by atomic mass is 10.0. The van der Waals surface area contributed by atoms with Crippen LogP contribution in [0.2, 0.25) is 15.1 Å². The smallest absolute Gasteiger partial charge is 0.255 e. The van der Waals surface area contributed by atoms with Crippen LogP contribution in [0, 0.1) is 13.8 Å². The van der Waals surface area contributed by atoms with Crippen LogP contribution in [0.4, 0.5) is 5.82 Å². The van der Waals surface area contributed by atoms with E-state index in [0.29, 0.717) is 46.8 Å². The summed E-state index contributed by atoms with van der Waals surface area (Å²) in [6.07, 6.45) is 0.720. The van der Waals surface area contributed by atoms with E-state index in [1.165, 1.54) is 0 Å². The van der Waals surface area contributed by atoms with Gasteiger partial charge in [0, 0.05) is 53.9 Å². The second-order valence-electron chi connectivity index (χ2n) is 7.87. The second kappa shape index (κ2) is 9.65. The van der Waals surface area contributed by atoms with Gasteiger partial charge in [0.05, 0.1) is 10.6 Å². The molecule has 0 unspecified atom stereocenters. The topological polar surface area (TPSA) is 49.3 Å². The maximum absolute atomic E-state index is 13.0. The molecule has 5 nitrogen and oxygen atoms in total. The lowest BCUT2D eigenvalue weighted by Gasteiger charge is -2.36. The van der Waals surface area contributed by atoms with Gasteiger partial charge in [0.1, 0.15) is 11.6 Å². The van der Waals surface area contributed by atoms with Crippen LogP contribution in [-0.4, -0.2) is 47.0 Å². The number of carbonyl (C=O) groups is 1. The molecule has 8 heteroatoms. The largest absolute Gasteiger partial charge is 0.353 e. The first kappa shape index (κ1) is 22.8. The van der Waals surface area contributed by atoms with Crippen LogP contribution in [0.5, 0.6) is 0 Å². The van der Waals surface area contributed by atoms with E-state index in [-0.39, 0.29) is 5.91 Å². The molecule has 0 saturated carbocycles. The fourth-order valence-electron chi connectivity index (χ4n) is 3.95. The zero-order valence-corrected chi connectivity index (χ0v) is 20.2. The molecule has 1 amide bonds. The normalized spacial score (nSPS) is 14.0. The van der Waals surface area contributed by atoms with E-state index < -0.39 is 0 Å². The number of piperazine rings is 1. The minimum Gasteiger partial charge on any atom is -0.353 e. The Kier molecular flexibility index (Phi) is 6.89. The van der Waals surface area contributed by atoms with Crippen molar-refractivity contribution in [1.29, 1.82) is 0 Å². The van der Waals surface area contributed by atoms with Crippen LogP contribution < -0.4 is 4.90 Å². The minimum atomic E-state index is -0.0808. The van der Waals surface area contributed by atoms with E-state index >= 15 is 0 Å². The Hall–Kier alpha value is -2.34. The van der Waals surface area contributed by atoms with Crippen LogP contribution >= 0.6 is 34.8 Å². The first-order valence-electron chi connectivity index (χ1n) is 10.4. The Morgan fingerprint density at radius 1 is 0.906 bits per heavy atom. The Morgan fingerprint density at radius 3 is 2.22 bits per heavy atom. The summed E-state index contributed by atoms with van der Waals surface area (Å²) in [5.74, 6) is 1.59. The number of rotatable bonds is 4. The van der Waals surface area contributed by atoms with Crippen molar-refractivity contribution in [1.82, 2.24) is 14.9 Å². The van der Waals surface area contributed by atoms with E-state index in [1.807, 2.05) is 43.0 Å². The predicted molar refractivity (Wildman–Crippen MR) is 130 cm³/mol. The summed E-state index contributed by atoms with van der Waals surface area (Å²) in [6.45, 7) is 6.46. The second-order valence-corrected chi connectivity index (χ2v) is 9.15. The third-order valence-electron chi connectivity index (χ3n) is 5.63. The third-order valence-corrected chi connectivity index (χ3v) is 6.43. The van der Waals surface area contributed by atoms with Gasteiger partial charge in [0.2, 0.25) is 0 Å². The molecule has 3 aromatic rings. The van der Waals surface area contributed by atoms with Gasteiger partial charge in [-0.1, -0.05) is 46.9 Å². The quantitative estimate of drug-likeness (QED) is 0.478. The van der Waals surface area contributed by atoms with Crippen LogP contribution in [0.3, 0.4) is 0 Å². The summed E-state index contributed by atoms with van der Waals surface area (Å²) in [5, 5.41) is 1.60. The van der Waals surface area contributed by atoms with Crippen molar-refractivity contribution in [3.8, 4) is 0 Å². The number of aromatic nitrogens is 2. The number of hydrogen-bond acceptors (Lipinski definition) is 4. The molecule has 0 bridgehead atoms. The molecule has 166 valence electrons. The maximum atomic E-state index is 13.0. The molecule has 1 saturated heterocycles. The molecular weight excluding hydrogens is 467 g/mol. The van der Waals surface area contributed by atoms with Crippen molar-refractivity contribution in [3.05, 3.63) is 85.7 Å². The number of aryl methyl sites for hydroxylation is 2. The highest BCUT2D eigenvalue weighted by atomic mass is 35.5. The van der Waals surface area contributed by atoms with Crippen molar-refractivity contribution in [2.24, 2.45) is 0 Å². The summed E-state index contributed by atoms with van der Waals surface area (Å²) < 4.78 is 0. The van der Waals surface area contributed by atoms with Gasteiger partial charge in [-0.2, -0.15) is 0 Å². The van der Waals surface area contributed by atoms with Crippen LogP contribution in [0.15, 0.2) is 42.5 Å². The SMILES string of the molecule is Cc1nc(C)c(Cc2ccc(Cl)cc2)c(N2CCN(C(=O)c3ccc(Cl)cc3Cl)CC2)n1. The Morgan fingerprint density at radius 2 is 1.56 bits per heavy atom. The number of amides is 1. The standard InChI is InChI=1S/C24H23Cl3N4O/c1-15-21(13-17-3-5-18(25)6-4-17)23(29-16(2)28-15)30-9-11-31(12-10-30)24(32)20-8-7-19(26)14-22(20)27/h3-8,14H,9-13H2,1-2H3. The molecule has 4 rings (SSSR count). The lowest BCUT2D eigenvalue weighted by molar-refractivity contribution is 0.0746. The zero-order valence-electron chi connectivity index (χ0n) is 17.9. The van der Waals surface area contributed by atoms with Gasteiger partial charge in [-0.05, 0) is 49.7 Å². The summed E-state index contributed by atoms with van der Waals surface area (Å²) in [4.78, 5) is 26.4. The minimum absolute atomic E-state index is 0.0808. The average molecular weight is 490 g/mol. The molecule has 1 aliphatic heterocycles. The zero-order chi connectivity index (χ0) is 22.8. The summed E-state index contributed by atoms with van der Waals surface area (Å²) in [5.41, 5.74) is 3.69. The van der Waals surface area contributed by atoms with Gasteiger partial charge >= 0.3 is 0 Å². The first-order chi connectivity index (χ1) is 15.3. The molecule has 0 spiro atoms. The fraction of sp³-hybridized carbons (Fsp3) is 0.292. The van der Waals surface area contributed by atoms with Crippen molar-refractivity contribution >= 4 is 46.5 Å². The van der Waals surface area contributed by atoms with Gasteiger partial charge in [-0.25, -0.2) is 9.97 Å². The summed E-state index contributed by atoms with van der Waals surface area (Å²) in [6, 6.07) is 12.8. The number of hydrogen-bond donors (Lipinski definition) is 0. The Balaban J connectivity index is 1.53. The molecule has 0 radical (unpaired) electrons. The van der Waals surface area contributed by atoms with E-state index in [0.717, 1.165) is 34.9 Å². The van der Waals surface area contributed by atoms with Crippen LogP contribution in [0.1, 0.15) is 33.0 Å². The van der Waals surface area contributed by atoms with Gasteiger partial charge in [0.25, 0.3) is 5.91 Å². The number of carbonyl (C=O) groups excluding carboxylic acids is 1. The van der Waals surface area contributed by atoms with Gasteiger partial charge < -0.3 is 9.80 Å². The lowest BCUT2D eigenvalue weighted by Crippen LogP contribution is -2.49. The Bertz CT molecular complexity index is 1140. The monoisotopic (exact) mass is 488 g/mol. The molecule has 0 aliphatic carbocycles. The molecule has 1 aliphatic rings. The van der Waals surface area contributed by atoms with Gasteiger partial charge in [0.15, 0.2) is 0 Å². The predicted octanol–water partition coefficient (Wildman–Crippen LogP) is 5.61. The molecule has 32 heavy (non-hydrogen) atoms. The molecular formula is C24H23Cl3N4O.